The van der Waals surface area contributed by atoms with E-state index in [1.165, 1.54) is 5.56 Å². The van der Waals surface area contributed by atoms with Crippen LogP contribution in [0.3, 0.4) is 0 Å². The predicted octanol–water partition coefficient (Wildman–Crippen LogP) is 2.24. The Bertz CT molecular complexity index is 710. The van der Waals surface area contributed by atoms with Gasteiger partial charge in [0, 0.05) is 32.0 Å². The van der Waals surface area contributed by atoms with E-state index in [-0.39, 0.29) is 5.91 Å². The lowest BCUT2D eigenvalue weighted by atomic mass is 9.85. The van der Waals surface area contributed by atoms with E-state index in [1.807, 2.05) is 19.2 Å². The van der Waals surface area contributed by atoms with Crippen molar-refractivity contribution in [1.82, 2.24) is 19.8 Å². The van der Waals surface area contributed by atoms with Crippen LogP contribution in [0, 0.1) is 5.92 Å². The second-order valence-corrected chi connectivity index (χ2v) is 6.67. The molecule has 1 N–H and O–H groups in total. The molecule has 0 unspecified atom stereocenters. The molecule has 1 amide bonds. The van der Waals surface area contributed by atoms with Gasteiger partial charge in [-0.15, -0.1) is 0 Å². The van der Waals surface area contributed by atoms with Gasteiger partial charge in [-0.1, -0.05) is 12.1 Å². The summed E-state index contributed by atoms with van der Waals surface area (Å²) in [5, 5.41) is 3.06. The molecule has 0 radical (unpaired) electrons. The van der Waals surface area contributed by atoms with Gasteiger partial charge in [0.1, 0.15) is 5.75 Å². The van der Waals surface area contributed by atoms with E-state index in [1.54, 1.807) is 24.1 Å². The van der Waals surface area contributed by atoms with Gasteiger partial charge < -0.3 is 14.6 Å². The number of nitrogens with zero attached hydrogens (tertiary/aromatic N) is 3. The Kier molecular flexibility index (Phi) is 5.38. The lowest BCUT2D eigenvalue weighted by Gasteiger charge is -2.39. The van der Waals surface area contributed by atoms with Gasteiger partial charge in [-0.2, -0.15) is 0 Å². The number of aromatic nitrogens is 2. The zero-order valence-electron chi connectivity index (χ0n) is 15.1. The molecule has 1 aromatic carbocycles. The molecule has 2 aromatic rings. The van der Waals surface area contributed by atoms with Crippen LogP contribution in [0.5, 0.6) is 5.75 Å². The Morgan fingerprint density at radius 3 is 2.72 bits per heavy atom. The Balaban J connectivity index is 1.71. The van der Waals surface area contributed by atoms with Gasteiger partial charge in [-0.3, -0.25) is 9.69 Å². The Labute approximate surface area is 148 Å². The fourth-order valence-corrected chi connectivity index (χ4v) is 3.69. The average molecular weight is 342 g/mol. The summed E-state index contributed by atoms with van der Waals surface area (Å²) in [6.07, 6.45) is 5.67. The van der Waals surface area contributed by atoms with Crippen molar-refractivity contribution < 1.29 is 9.53 Å². The number of amides is 1. The topological polar surface area (TPSA) is 59.4 Å². The molecule has 3 rings (SSSR count). The first-order chi connectivity index (χ1) is 12.1. The molecule has 1 aliphatic heterocycles. The maximum atomic E-state index is 12.4. The highest BCUT2D eigenvalue weighted by molar-refractivity contribution is 5.90. The molecular weight excluding hydrogens is 316 g/mol. The first kappa shape index (κ1) is 17.5. The molecule has 0 saturated carbocycles. The predicted molar refractivity (Wildman–Crippen MR) is 96.6 cm³/mol. The summed E-state index contributed by atoms with van der Waals surface area (Å²) in [4.78, 5) is 18.8. The SMILES string of the molecule is COc1ccc([C@@H]2[C@@H](CNC(=O)c3nccn3C)CCCN2C)cc1. The molecule has 1 saturated heterocycles. The zero-order valence-corrected chi connectivity index (χ0v) is 15.1. The fraction of sp³-hybridized carbons (Fsp3) is 0.474. The van der Waals surface area contributed by atoms with Gasteiger partial charge in [0.15, 0.2) is 5.82 Å². The van der Waals surface area contributed by atoms with Crippen molar-refractivity contribution >= 4 is 5.91 Å². The summed E-state index contributed by atoms with van der Waals surface area (Å²) in [7, 11) is 5.66. The van der Waals surface area contributed by atoms with Crippen LogP contribution in [0.2, 0.25) is 0 Å². The molecule has 2 heterocycles. The minimum absolute atomic E-state index is 0.116. The number of rotatable bonds is 5. The normalized spacial score (nSPS) is 21.1. The van der Waals surface area contributed by atoms with Gasteiger partial charge in [0.25, 0.3) is 5.91 Å². The number of hydrogen-bond acceptors (Lipinski definition) is 4. The highest BCUT2D eigenvalue weighted by atomic mass is 16.5. The number of carbonyl (C=O) groups is 1. The number of hydrogen-bond donors (Lipinski definition) is 1. The van der Waals surface area contributed by atoms with Crippen LogP contribution >= 0.6 is 0 Å². The van der Waals surface area contributed by atoms with Crippen LogP contribution in [-0.4, -0.2) is 47.6 Å². The van der Waals surface area contributed by atoms with Gasteiger partial charge in [0.2, 0.25) is 0 Å². The first-order valence-corrected chi connectivity index (χ1v) is 8.70. The molecule has 134 valence electrons. The van der Waals surface area contributed by atoms with E-state index in [0.29, 0.717) is 24.3 Å². The van der Waals surface area contributed by atoms with Gasteiger partial charge in [0.05, 0.1) is 7.11 Å². The van der Waals surface area contributed by atoms with Gasteiger partial charge in [-0.25, -0.2) is 4.98 Å². The van der Waals surface area contributed by atoms with E-state index < -0.39 is 0 Å². The summed E-state index contributed by atoms with van der Waals surface area (Å²) in [5.74, 6) is 1.57. The average Bonchev–Trinajstić information content (AvgIpc) is 3.06. The molecule has 25 heavy (non-hydrogen) atoms. The van der Waals surface area contributed by atoms with Crippen molar-refractivity contribution in [3.8, 4) is 5.75 Å². The molecule has 1 aromatic heterocycles. The molecule has 6 nitrogen and oxygen atoms in total. The number of methoxy groups -OCH3 is 1. The van der Waals surface area contributed by atoms with Crippen LogP contribution in [0.15, 0.2) is 36.7 Å². The quantitative estimate of drug-likeness (QED) is 0.905. The lowest BCUT2D eigenvalue weighted by molar-refractivity contribution is 0.0879. The summed E-state index contributed by atoms with van der Waals surface area (Å²) >= 11 is 0. The van der Waals surface area contributed by atoms with E-state index >= 15 is 0 Å². The molecule has 0 bridgehead atoms. The molecule has 0 aliphatic carbocycles. The zero-order chi connectivity index (χ0) is 17.8. The smallest absolute Gasteiger partial charge is 0.287 e. The highest BCUT2D eigenvalue weighted by Gasteiger charge is 2.31. The summed E-state index contributed by atoms with van der Waals surface area (Å²) in [5.41, 5.74) is 1.26. The minimum Gasteiger partial charge on any atom is -0.497 e. The number of imidazole rings is 1. The van der Waals surface area contributed by atoms with Crippen molar-refractivity contribution in [1.29, 1.82) is 0 Å². The second kappa shape index (κ2) is 7.70. The molecule has 1 fully saturated rings. The Morgan fingerprint density at radius 2 is 2.08 bits per heavy atom. The van der Waals surface area contributed by atoms with Gasteiger partial charge in [-0.05, 0) is 50.0 Å². The van der Waals surface area contributed by atoms with E-state index in [9.17, 15) is 4.79 Å². The maximum Gasteiger partial charge on any atom is 0.287 e. The Morgan fingerprint density at radius 1 is 1.32 bits per heavy atom. The number of carbonyl (C=O) groups excluding carboxylic acids is 1. The van der Waals surface area contributed by atoms with Crippen LogP contribution in [0.1, 0.15) is 35.1 Å². The standard InChI is InChI=1S/C19H26N4O2/c1-22-11-4-5-15(13-21-19(24)18-20-10-12-23(18)2)17(22)14-6-8-16(25-3)9-7-14/h6-10,12,15,17H,4-5,11,13H2,1-3H3,(H,21,24)/t15-,17-/m1/s1. The lowest BCUT2D eigenvalue weighted by Crippen LogP contribution is -2.42. The third-order valence-corrected chi connectivity index (χ3v) is 5.01. The van der Waals surface area contributed by atoms with Crippen molar-refractivity contribution in [2.45, 2.75) is 18.9 Å². The van der Waals surface area contributed by atoms with Crippen LogP contribution in [-0.2, 0) is 7.05 Å². The van der Waals surface area contributed by atoms with E-state index in [0.717, 1.165) is 25.1 Å². The van der Waals surface area contributed by atoms with Crippen LogP contribution in [0.4, 0.5) is 0 Å². The number of nitrogens with one attached hydrogen (secondary N) is 1. The second-order valence-electron chi connectivity index (χ2n) is 6.67. The maximum absolute atomic E-state index is 12.4. The van der Waals surface area contributed by atoms with Crippen LogP contribution in [0.25, 0.3) is 0 Å². The van der Waals surface area contributed by atoms with E-state index in [4.69, 9.17) is 4.74 Å². The Hall–Kier alpha value is -2.34. The fourth-order valence-electron chi connectivity index (χ4n) is 3.69. The largest absolute Gasteiger partial charge is 0.497 e. The number of benzene rings is 1. The number of piperidine rings is 1. The molecule has 1 aliphatic rings. The third-order valence-electron chi connectivity index (χ3n) is 5.01. The van der Waals surface area contributed by atoms with Crippen molar-refractivity contribution in [2.24, 2.45) is 13.0 Å². The van der Waals surface area contributed by atoms with Crippen molar-refractivity contribution in [3.63, 3.8) is 0 Å². The molecular formula is C19H26N4O2. The monoisotopic (exact) mass is 342 g/mol. The third kappa shape index (κ3) is 3.85. The number of ether oxygens (including phenoxy) is 1. The molecule has 6 heteroatoms. The summed E-state index contributed by atoms with van der Waals surface area (Å²) < 4.78 is 7.00. The van der Waals surface area contributed by atoms with Crippen molar-refractivity contribution in [2.75, 3.05) is 27.2 Å². The van der Waals surface area contributed by atoms with Crippen molar-refractivity contribution in [3.05, 3.63) is 48.0 Å². The minimum atomic E-state index is -0.116. The molecule has 0 spiro atoms. The van der Waals surface area contributed by atoms with Gasteiger partial charge >= 0.3 is 0 Å². The summed E-state index contributed by atoms with van der Waals surface area (Å²) in [6, 6.07) is 8.54. The number of aryl methyl sites for hydroxylation is 1. The summed E-state index contributed by atoms with van der Waals surface area (Å²) in [6.45, 7) is 1.72. The number of likely N-dealkylation sites (tertiary alicyclic amines) is 1. The van der Waals surface area contributed by atoms with Crippen LogP contribution < -0.4 is 10.1 Å². The first-order valence-electron chi connectivity index (χ1n) is 8.70. The van der Waals surface area contributed by atoms with E-state index in [2.05, 4.69) is 34.4 Å². The molecule has 2 atom stereocenters. The highest BCUT2D eigenvalue weighted by Crippen LogP contribution is 2.35.